The van der Waals surface area contributed by atoms with E-state index in [4.69, 9.17) is 9.84 Å². The molecule has 0 atom stereocenters. The van der Waals surface area contributed by atoms with Gasteiger partial charge in [-0.3, -0.25) is 4.79 Å². The van der Waals surface area contributed by atoms with E-state index >= 15 is 0 Å². The van der Waals surface area contributed by atoms with Crippen molar-refractivity contribution in [1.29, 1.82) is 0 Å². The molecule has 0 heterocycles. The summed E-state index contributed by atoms with van der Waals surface area (Å²) >= 11 is 0. The Kier molecular flexibility index (Phi) is 6.36. The summed E-state index contributed by atoms with van der Waals surface area (Å²) in [6.45, 7) is 2.89. The van der Waals surface area contributed by atoms with E-state index in [2.05, 4.69) is 5.32 Å². The molecule has 0 unspecified atom stereocenters. The number of amides is 2. The number of hydrogen-bond acceptors (Lipinski definition) is 3. The predicted octanol–water partition coefficient (Wildman–Crippen LogP) is 1.70. The molecule has 0 saturated carbocycles. The Hall–Kier alpha value is -2.24. The number of carboxylic acids is 1. The molecule has 0 aliphatic heterocycles. The maximum atomic E-state index is 11.9. The average molecular weight is 280 g/mol. The van der Waals surface area contributed by atoms with Crippen LogP contribution in [-0.2, 0) is 11.3 Å². The lowest BCUT2D eigenvalue weighted by Gasteiger charge is -2.20. The van der Waals surface area contributed by atoms with Crippen LogP contribution in [0.25, 0.3) is 0 Å². The van der Waals surface area contributed by atoms with Crippen molar-refractivity contribution >= 4 is 12.0 Å². The molecule has 6 nitrogen and oxygen atoms in total. The van der Waals surface area contributed by atoms with E-state index in [1.165, 1.54) is 4.90 Å². The molecular formula is C14H20N2O4. The van der Waals surface area contributed by atoms with Gasteiger partial charge in [-0.25, -0.2) is 4.79 Å². The van der Waals surface area contributed by atoms with Gasteiger partial charge in [0.25, 0.3) is 0 Å². The number of benzene rings is 1. The highest BCUT2D eigenvalue weighted by Gasteiger charge is 2.12. The van der Waals surface area contributed by atoms with Gasteiger partial charge in [-0.1, -0.05) is 12.1 Å². The van der Waals surface area contributed by atoms with Crippen LogP contribution in [0, 0.1) is 0 Å². The summed E-state index contributed by atoms with van der Waals surface area (Å²) in [4.78, 5) is 23.9. The Balaban J connectivity index is 2.45. The number of aliphatic carboxylic acids is 1. The van der Waals surface area contributed by atoms with Crippen LogP contribution in [0.3, 0.4) is 0 Å². The van der Waals surface area contributed by atoms with Crippen LogP contribution in [0.4, 0.5) is 4.79 Å². The molecule has 1 aromatic carbocycles. The fourth-order valence-corrected chi connectivity index (χ4v) is 1.67. The molecule has 0 aromatic heterocycles. The third kappa shape index (κ3) is 5.17. The quantitative estimate of drug-likeness (QED) is 0.796. The Labute approximate surface area is 118 Å². The third-order valence-electron chi connectivity index (χ3n) is 2.87. The van der Waals surface area contributed by atoms with Crippen LogP contribution < -0.4 is 10.1 Å². The van der Waals surface area contributed by atoms with Gasteiger partial charge in [0.05, 0.1) is 13.5 Å². The number of hydrogen-bond donors (Lipinski definition) is 2. The third-order valence-corrected chi connectivity index (χ3v) is 2.87. The van der Waals surface area contributed by atoms with Crippen molar-refractivity contribution in [3.63, 3.8) is 0 Å². The number of carbonyl (C=O) groups is 2. The molecule has 0 fully saturated rings. The van der Waals surface area contributed by atoms with E-state index in [9.17, 15) is 9.59 Å². The smallest absolute Gasteiger partial charge is 0.317 e. The molecule has 0 spiro atoms. The Morgan fingerprint density at radius 2 is 1.95 bits per heavy atom. The molecule has 1 aromatic rings. The fraction of sp³-hybridized carbons (Fsp3) is 0.429. The lowest BCUT2D eigenvalue weighted by molar-refractivity contribution is -0.137. The zero-order valence-corrected chi connectivity index (χ0v) is 11.8. The van der Waals surface area contributed by atoms with Crippen molar-refractivity contribution in [1.82, 2.24) is 10.2 Å². The van der Waals surface area contributed by atoms with Crippen LogP contribution in [-0.4, -0.2) is 42.2 Å². The second-order valence-corrected chi connectivity index (χ2v) is 4.23. The van der Waals surface area contributed by atoms with Gasteiger partial charge in [-0.05, 0) is 24.6 Å². The second kappa shape index (κ2) is 8.04. The van der Waals surface area contributed by atoms with Crippen LogP contribution in [0.2, 0.25) is 0 Å². The van der Waals surface area contributed by atoms with Crippen molar-refractivity contribution < 1.29 is 19.4 Å². The van der Waals surface area contributed by atoms with Gasteiger partial charge in [-0.2, -0.15) is 0 Å². The summed E-state index contributed by atoms with van der Waals surface area (Å²) in [6, 6.07) is 7.12. The van der Waals surface area contributed by atoms with E-state index < -0.39 is 5.97 Å². The first-order chi connectivity index (χ1) is 9.56. The van der Waals surface area contributed by atoms with Crippen molar-refractivity contribution in [2.45, 2.75) is 19.9 Å². The van der Waals surface area contributed by atoms with Gasteiger partial charge in [0, 0.05) is 19.6 Å². The first-order valence-electron chi connectivity index (χ1n) is 6.44. The van der Waals surface area contributed by atoms with Gasteiger partial charge in [0.15, 0.2) is 0 Å². The largest absolute Gasteiger partial charge is 0.497 e. The molecular weight excluding hydrogens is 260 g/mol. The predicted molar refractivity (Wildman–Crippen MR) is 74.7 cm³/mol. The van der Waals surface area contributed by atoms with E-state index in [0.29, 0.717) is 13.1 Å². The topological polar surface area (TPSA) is 78.9 Å². The molecule has 2 amide bonds. The molecule has 0 saturated heterocycles. The van der Waals surface area contributed by atoms with Crippen molar-refractivity contribution in [3.8, 4) is 5.75 Å². The Bertz CT molecular complexity index is 445. The number of carboxylic acid groups (broad SMARTS) is 1. The first kappa shape index (κ1) is 15.8. The fourth-order valence-electron chi connectivity index (χ4n) is 1.67. The molecule has 20 heavy (non-hydrogen) atoms. The molecule has 0 aliphatic rings. The standard InChI is InChI=1S/C14H20N2O4/c1-3-16(9-8-13(17)18)14(19)15-10-11-4-6-12(20-2)7-5-11/h4-7H,3,8-10H2,1-2H3,(H,15,19)(H,17,18). The summed E-state index contributed by atoms with van der Waals surface area (Å²) < 4.78 is 5.05. The van der Waals surface area contributed by atoms with Gasteiger partial charge in [-0.15, -0.1) is 0 Å². The highest BCUT2D eigenvalue weighted by Crippen LogP contribution is 2.11. The number of methoxy groups -OCH3 is 1. The van der Waals surface area contributed by atoms with Crippen LogP contribution in [0.15, 0.2) is 24.3 Å². The molecule has 1 rings (SSSR count). The highest BCUT2D eigenvalue weighted by atomic mass is 16.5. The number of rotatable bonds is 7. The van der Waals surface area contributed by atoms with E-state index in [1.54, 1.807) is 7.11 Å². The van der Waals surface area contributed by atoms with Crippen LogP contribution >= 0.6 is 0 Å². The summed E-state index contributed by atoms with van der Waals surface area (Å²) in [5, 5.41) is 11.4. The normalized spacial score (nSPS) is 9.90. The first-order valence-corrected chi connectivity index (χ1v) is 6.44. The maximum absolute atomic E-state index is 11.9. The van der Waals surface area contributed by atoms with Crippen LogP contribution in [0.1, 0.15) is 18.9 Å². The zero-order valence-electron chi connectivity index (χ0n) is 11.8. The van der Waals surface area contributed by atoms with Crippen molar-refractivity contribution in [2.75, 3.05) is 20.2 Å². The summed E-state index contributed by atoms with van der Waals surface area (Å²) in [6.07, 6.45) is -0.0518. The average Bonchev–Trinajstić information content (AvgIpc) is 2.46. The summed E-state index contributed by atoms with van der Waals surface area (Å²) in [5.74, 6) is -0.150. The van der Waals surface area contributed by atoms with Gasteiger partial charge in [0.2, 0.25) is 0 Å². The van der Waals surface area contributed by atoms with Crippen molar-refractivity contribution in [2.24, 2.45) is 0 Å². The zero-order chi connectivity index (χ0) is 15.0. The molecule has 0 aliphatic carbocycles. The van der Waals surface area contributed by atoms with Gasteiger partial charge >= 0.3 is 12.0 Å². The molecule has 2 N–H and O–H groups in total. The minimum atomic E-state index is -0.911. The highest BCUT2D eigenvalue weighted by molar-refractivity contribution is 5.75. The van der Waals surface area contributed by atoms with E-state index in [-0.39, 0.29) is 19.0 Å². The number of ether oxygens (including phenoxy) is 1. The number of nitrogens with one attached hydrogen (secondary N) is 1. The molecule has 110 valence electrons. The van der Waals surface area contributed by atoms with E-state index in [0.717, 1.165) is 11.3 Å². The second-order valence-electron chi connectivity index (χ2n) is 4.23. The van der Waals surface area contributed by atoms with Crippen molar-refractivity contribution in [3.05, 3.63) is 29.8 Å². The maximum Gasteiger partial charge on any atom is 0.317 e. The molecule has 6 heteroatoms. The number of urea groups is 1. The molecule has 0 radical (unpaired) electrons. The Morgan fingerprint density at radius 3 is 2.45 bits per heavy atom. The minimum absolute atomic E-state index is 0.0518. The lowest BCUT2D eigenvalue weighted by Crippen LogP contribution is -2.40. The van der Waals surface area contributed by atoms with E-state index in [1.807, 2.05) is 31.2 Å². The monoisotopic (exact) mass is 280 g/mol. The SMILES string of the molecule is CCN(CCC(=O)O)C(=O)NCc1ccc(OC)cc1. The Morgan fingerprint density at radius 1 is 1.30 bits per heavy atom. The summed E-state index contributed by atoms with van der Waals surface area (Å²) in [5.41, 5.74) is 0.952. The number of nitrogens with zero attached hydrogens (tertiary/aromatic N) is 1. The summed E-state index contributed by atoms with van der Waals surface area (Å²) in [7, 11) is 1.60. The van der Waals surface area contributed by atoms with Gasteiger partial charge < -0.3 is 20.1 Å². The number of carbonyl (C=O) groups excluding carboxylic acids is 1. The van der Waals surface area contributed by atoms with Gasteiger partial charge in [0.1, 0.15) is 5.75 Å². The molecule has 0 bridgehead atoms. The van der Waals surface area contributed by atoms with Crippen LogP contribution in [0.5, 0.6) is 5.75 Å². The lowest BCUT2D eigenvalue weighted by atomic mass is 10.2. The minimum Gasteiger partial charge on any atom is -0.497 e.